The molecule has 0 spiro atoms. The minimum Gasteiger partial charge on any atom is -0.393 e. The van der Waals surface area contributed by atoms with Gasteiger partial charge in [-0.25, -0.2) is 0 Å². The van der Waals surface area contributed by atoms with Gasteiger partial charge in [0.1, 0.15) is 0 Å². The molecule has 2 N–H and O–H groups in total. The molecule has 21 heavy (non-hydrogen) atoms. The minimum absolute atomic E-state index is 0.191. The molecule has 2 rings (SSSR count). The lowest BCUT2D eigenvalue weighted by Gasteiger charge is -2.13. The molecular weight excluding hydrogens is 312 g/mol. The topological polar surface area (TPSA) is 75.4 Å². The lowest BCUT2D eigenvalue weighted by molar-refractivity contribution is 0.0930. The van der Waals surface area contributed by atoms with E-state index in [1.807, 2.05) is 13.0 Å². The van der Waals surface area contributed by atoms with Gasteiger partial charge in [0.2, 0.25) is 0 Å². The van der Waals surface area contributed by atoms with Crippen molar-refractivity contribution in [2.24, 2.45) is 5.92 Å². The number of amides is 1. The number of nitrogens with one attached hydrogen (secondary N) is 1. The number of aliphatic hydroxyl groups excluding tert-OH is 1. The Balaban J connectivity index is 1.93. The van der Waals surface area contributed by atoms with Crippen LogP contribution in [0.4, 0.5) is 0 Å². The molecule has 0 aromatic carbocycles. The van der Waals surface area contributed by atoms with Crippen molar-refractivity contribution in [2.75, 3.05) is 6.54 Å². The van der Waals surface area contributed by atoms with Gasteiger partial charge in [-0.1, -0.05) is 23.7 Å². The van der Waals surface area contributed by atoms with Crippen LogP contribution in [0.25, 0.3) is 10.6 Å². The smallest absolute Gasteiger partial charge is 0.273 e. The maximum atomic E-state index is 12.0. The van der Waals surface area contributed by atoms with Crippen LogP contribution in [-0.4, -0.2) is 28.8 Å². The zero-order chi connectivity index (χ0) is 15.4. The van der Waals surface area contributed by atoms with E-state index in [0.29, 0.717) is 23.1 Å². The molecule has 2 unspecified atom stereocenters. The summed E-state index contributed by atoms with van der Waals surface area (Å²) in [5.41, 5.74) is 0.235. The number of halogens is 1. The number of aromatic nitrogens is 1. The summed E-state index contributed by atoms with van der Waals surface area (Å²) in [6, 6.07) is 5.18. The molecular formula is C14H17ClN2O3S. The molecule has 2 aromatic heterocycles. The van der Waals surface area contributed by atoms with Gasteiger partial charge in [-0.15, -0.1) is 11.3 Å². The van der Waals surface area contributed by atoms with E-state index >= 15 is 0 Å². The first-order chi connectivity index (χ1) is 9.95. The molecule has 0 radical (unpaired) electrons. The highest BCUT2D eigenvalue weighted by atomic mass is 35.5. The van der Waals surface area contributed by atoms with Crippen LogP contribution < -0.4 is 5.32 Å². The van der Waals surface area contributed by atoms with Crippen molar-refractivity contribution in [2.45, 2.75) is 26.4 Å². The first-order valence-corrected chi connectivity index (χ1v) is 7.84. The van der Waals surface area contributed by atoms with E-state index in [9.17, 15) is 9.90 Å². The van der Waals surface area contributed by atoms with Crippen LogP contribution in [0, 0.1) is 5.92 Å². The molecule has 0 aliphatic carbocycles. The van der Waals surface area contributed by atoms with E-state index in [4.69, 9.17) is 16.1 Å². The first-order valence-electron chi connectivity index (χ1n) is 6.64. The fourth-order valence-corrected chi connectivity index (χ4v) is 2.96. The van der Waals surface area contributed by atoms with Crippen LogP contribution in [0.15, 0.2) is 22.7 Å². The Morgan fingerprint density at radius 1 is 1.52 bits per heavy atom. The molecule has 2 heterocycles. The summed E-state index contributed by atoms with van der Waals surface area (Å²) in [5, 5.41) is 15.8. The molecule has 0 saturated carbocycles. The molecule has 1 amide bonds. The second-order valence-corrected chi connectivity index (χ2v) is 6.80. The van der Waals surface area contributed by atoms with Crippen molar-refractivity contribution in [1.29, 1.82) is 0 Å². The molecule has 114 valence electrons. The summed E-state index contributed by atoms with van der Waals surface area (Å²) in [6.45, 7) is 4.18. The summed E-state index contributed by atoms with van der Waals surface area (Å²) in [6.07, 6.45) is 0.261. The van der Waals surface area contributed by atoms with E-state index < -0.39 is 0 Å². The second-order valence-electron chi connectivity index (χ2n) is 5.08. The fourth-order valence-electron chi connectivity index (χ4n) is 1.97. The van der Waals surface area contributed by atoms with Gasteiger partial charge in [-0.2, -0.15) is 0 Å². The summed E-state index contributed by atoms with van der Waals surface area (Å²) in [7, 11) is 0. The minimum atomic E-state index is -0.376. The zero-order valence-electron chi connectivity index (χ0n) is 11.8. The Bertz CT molecular complexity index is 609. The fraction of sp³-hybridized carbons (Fsp3) is 0.429. The molecule has 0 saturated heterocycles. The molecule has 0 fully saturated rings. The highest BCUT2D eigenvalue weighted by Gasteiger charge is 2.16. The number of thiophene rings is 1. The quantitative estimate of drug-likeness (QED) is 0.854. The molecule has 0 aliphatic heterocycles. The van der Waals surface area contributed by atoms with Crippen molar-refractivity contribution in [3.05, 3.63) is 28.2 Å². The predicted octanol–water partition coefficient (Wildman–Crippen LogP) is 3.19. The van der Waals surface area contributed by atoms with Gasteiger partial charge >= 0.3 is 0 Å². The second kappa shape index (κ2) is 7.06. The first kappa shape index (κ1) is 16.0. The number of rotatable bonds is 6. The van der Waals surface area contributed by atoms with E-state index in [-0.39, 0.29) is 23.6 Å². The molecule has 2 atom stereocenters. The van der Waals surface area contributed by atoms with Crippen LogP contribution in [-0.2, 0) is 0 Å². The largest absolute Gasteiger partial charge is 0.393 e. The monoisotopic (exact) mass is 328 g/mol. The summed E-state index contributed by atoms with van der Waals surface area (Å²) < 4.78 is 5.81. The van der Waals surface area contributed by atoms with Gasteiger partial charge in [0.15, 0.2) is 11.5 Å². The van der Waals surface area contributed by atoms with E-state index in [1.54, 1.807) is 19.1 Å². The standard InChI is InChI=1S/C14H17ClN2O3S/c1-8(5-9(2)18)7-16-14(19)10-6-11(20-17-10)12-3-4-13(15)21-12/h3-4,6,8-9,18H,5,7H2,1-2H3,(H,16,19). The Morgan fingerprint density at radius 3 is 2.90 bits per heavy atom. The van der Waals surface area contributed by atoms with Gasteiger partial charge in [-0.3, -0.25) is 4.79 Å². The molecule has 5 nitrogen and oxygen atoms in total. The normalized spacial score (nSPS) is 13.9. The van der Waals surface area contributed by atoms with Crippen LogP contribution in [0.5, 0.6) is 0 Å². The van der Waals surface area contributed by atoms with E-state index in [0.717, 1.165) is 4.88 Å². The number of carbonyl (C=O) groups excluding carboxylic acids is 1. The molecule has 2 aromatic rings. The van der Waals surface area contributed by atoms with Gasteiger partial charge < -0.3 is 14.9 Å². The maximum absolute atomic E-state index is 12.0. The summed E-state index contributed by atoms with van der Waals surface area (Å²) >= 11 is 7.23. The van der Waals surface area contributed by atoms with Crippen molar-refractivity contribution >= 4 is 28.8 Å². The third-order valence-electron chi connectivity index (χ3n) is 2.91. The van der Waals surface area contributed by atoms with Gasteiger partial charge in [0.05, 0.1) is 15.3 Å². The molecule has 7 heteroatoms. The third kappa shape index (κ3) is 4.56. The lowest BCUT2D eigenvalue weighted by atomic mass is 10.0. The predicted molar refractivity (Wildman–Crippen MR) is 82.6 cm³/mol. The molecule has 0 bridgehead atoms. The highest BCUT2D eigenvalue weighted by Crippen LogP contribution is 2.31. The summed E-state index contributed by atoms with van der Waals surface area (Å²) in [5.74, 6) is 0.426. The van der Waals surface area contributed by atoms with Crippen molar-refractivity contribution in [1.82, 2.24) is 10.5 Å². The van der Waals surface area contributed by atoms with Gasteiger partial charge in [-0.05, 0) is 31.4 Å². The van der Waals surface area contributed by atoms with E-state index in [2.05, 4.69) is 10.5 Å². The number of hydrogen-bond donors (Lipinski definition) is 2. The Kier molecular flexibility index (Phi) is 5.39. The van der Waals surface area contributed by atoms with Crippen LogP contribution in [0.2, 0.25) is 4.34 Å². The van der Waals surface area contributed by atoms with Crippen molar-refractivity contribution in [3.63, 3.8) is 0 Å². The SMILES string of the molecule is CC(O)CC(C)CNC(=O)c1cc(-c2ccc(Cl)s2)on1. The van der Waals surface area contributed by atoms with Crippen LogP contribution >= 0.6 is 22.9 Å². The zero-order valence-corrected chi connectivity index (χ0v) is 13.4. The molecule has 0 aliphatic rings. The highest BCUT2D eigenvalue weighted by molar-refractivity contribution is 7.19. The van der Waals surface area contributed by atoms with Gasteiger partial charge in [0, 0.05) is 12.6 Å². The van der Waals surface area contributed by atoms with E-state index in [1.165, 1.54) is 11.3 Å². The van der Waals surface area contributed by atoms with Gasteiger partial charge in [0.25, 0.3) is 5.91 Å². The summed E-state index contributed by atoms with van der Waals surface area (Å²) in [4.78, 5) is 12.8. The number of nitrogens with zero attached hydrogens (tertiary/aromatic N) is 1. The van der Waals surface area contributed by atoms with Crippen molar-refractivity contribution < 1.29 is 14.4 Å². The average Bonchev–Trinajstić information content (AvgIpc) is 3.03. The lowest BCUT2D eigenvalue weighted by Crippen LogP contribution is -2.29. The Morgan fingerprint density at radius 2 is 2.29 bits per heavy atom. The number of aliphatic hydroxyl groups is 1. The Labute approximate surface area is 131 Å². The maximum Gasteiger partial charge on any atom is 0.273 e. The van der Waals surface area contributed by atoms with Crippen LogP contribution in [0.3, 0.4) is 0 Å². The number of hydrogen-bond acceptors (Lipinski definition) is 5. The Hall–Kier alpha value is -1.37. The van der Waals surface area contributed by atoms with Crippen molar-refractivity contribution in [3.8, 4) is 10.6 Å². The third-order valence-corrected chi connectivity index (χ3v) is 4.16. The van der Waals surface area contributed by atoms with Crippen LogP contribution in [0.1, 0.15) is 30.8 Å². The average molecular weight is 329 g/mol. The number of carbonyl (C=O) groups is 1.